The van der Waals surface area contributed by atoms with E-state index in [0.29, 0.717) is 31.8 Å². The molecule has 0 unspecified atom stereocenters. The number of benzene rings is 1. The number of amides is 1. The molecule has 0 saturated heterocycles. The highest BCUT2D eigenvalue weighted by molar-refractivity contribution is 7.09. The monoisotopic (exact) mass is 321 g/mol. The van der Waals surface area contributed by atoms with Crippen LogP contribution in [0.5, 0.6) is 11.5 Å². The number of carbonyl (C=O) groups excluding carboxylic acids is 1. The number of rotatable bonds is 8. The van der Waals surface area contributed by atoms with Gasteiger partial charge in [0.15, 0.2) is 0 Å². The van der Waals surface area contributed by atoms with Crippen LogP contribution in [0, 0.1) is 0 Å². The van der Waals surface area contributed by atoms with Gasteiger partial charge in [0.2, 0.25) is 0 Å². The Morgan fingerprint density at radius 1 is 1.32 bits per heavy atom. The fourth-order valence-corrected chi connectivity index (χ4v) is 2.54. The summed E-state index contributed by atoms with van der Waals surface area (Å²) < 4.78 is 10.6. The van der Waals surface area contributed by atoms with Crippen LogP contribution in [0.15, 0.2) is 29.6 Å². The van der Waals surface area contributed by atoms with Crippen molar-refractivity contribution in [1.82, 2.24) is 10.3 Å². The molecule has 0 atom stereocenters. The molecule has 0 spiro atoms. The summed E-state index contributed by atoms with van der Waals surface area (Å²) in [5.41, 5.74) is 5.89. The van der Waals surface area contributed by atoms with Gasteiger partial charge in [0.25, 0.3) is 5.91 Å². The van der Waals surface area contributed by atoms with Gasteiger partial charge in [0, 0.05) is 11.8 Å². The summed E-state index contributed by atoms with van der Waals surface area (Å²) in [6.45, 7) is 1.33. The van der Waals surface area contributed by atoms with E-state index in [4.69, 9.17) is 15.2 Å². The standard InChI is InChI=1S/C15H19N3O3S/c1-20-11-2-4-12(5-3-11)21-9-8-17-15(19)13-10-22-14(18-13)6-7-16/h2-5,10H,6-9,16H2,1H3,(H,17,19). The first kappa shape index (κ1) is 16.3. The fourth-order valence-electron chi connectivity index (χ4n) is 1.75. The van der Waals surface area contributed by atoms with Gasteiger partial charge < -0.3 is 20.5 Å². The number of thiazole rings is 1. The molecule has 0 aliphatic rings. The molecule has 0 saturated carbocycles. The zero-order valence-corrected chi connectivity index (χ0v) is 13.2. The Balaban J connectivity index is 1.71. The van der Waals surface area contributed by atoms with Crippen molar-refractivity contribution in [2.45, 2.75) is 6.42 Å². The number of carbonyl (C=O) groups is 1. The van der Waals surface area contributed by atoms with Crippen LogP contribution in [0.1, 0.15) is 15.5 Å². The van der Waals surface area contributed by atoms with Crippen LogP contribution in [0.2, 0.25) is 0 Å². The maximum absolute atomic E-state index is 11.9. The van der Waals surface area contributed by atoms with Gasteiger partial charge >= 0.3 is 0 Å². The number of hydrogen-bond acceptors (Lipinski definition) is 6. The summed E-state index contributed by atoms with van der Waals surface area (Å²) in [4.78, 5) is 16.1. The molecular weight excluding hydrogens is 302 g/mol. The molecule has 1 aromatic heterocycles. The molecule has 0 aliphatic heterocycles. The molecule has 7 heteroatoms. The predicted molar refractivity (Wildman–Crippen MR) is 85.7 cm³/mol. The van der Waals surface area contributed by atoms with Gasteiger partial charge in [0.05, 0.1) is 18.7 Å². The summed E-state index contributed by atoms with van der Waals surface area (Å²) >= 11 is 1.45. The van der Waals surface area contributed by atoms with E-state index in [-0.39, 0.29) is 5.91 Å². The molecule has 0 aliphatic carbocycles. The summed E-state index contributed by atoms with van der Waals surface area (Å²) in [6, 6.07) is 7.28. The highest BCUT2D eigenvalue weighted by atomic mass is 32.1. The normalized spacial score (nSPS) is 10.3. The number of nitrogens with two attached hydrogens (primary N) is 1. The summed E-state index contributed by atoms with van der Waals surface area (Å²) in [7, 11) is 1.61. The van der Waals surface area contributed by atoms with Crippen LogP contribution in [0.4, 0.5) is 0 Å². The highest BCUT2D eigenvalue weighted by Crippen LogP contribution is 2.16. The predicted octanol–water partition coefficient (Wildman–Crippen LogP) is 1.46. The second-order valence-electron chi connectivity index (χ2n) is 4.45. The summed E-state index contributed by atoms with van der Waals surface area (Å²) in [5, 5.41) is 5.39. The third-order valence-corrected chi connectivity index (χ3v) is 3.77. The van der Waals surface area contributed by atoms with Crippen molar-refractivity contribution in [2.24, 2.45) is 5.73 Å². The largest absolute Gasteiger partial charge is 0.497 e. The molecule has 1 aromatic carbocycles. The lowest BCUT2D eigenvalue weighted by molar-refractivity contribution is 0.0942. The van der Waals surface area contributed by atoms with E-state index < -0.39 is 0 Å². The van der Waals surface area contributed by atoms with Crippen LogP contribution < -0.4 is 20.5 Å². The lowest BCUT2D eigenvalue weighted by Crippen LogP contribution is -2.28. The van der Waals surface area contributed by atoms with Crippen molar-refractivity contribution >= 4 is 17.2 Å². The average Bonchev–Trinajstić information content (AvgIpc) is 3.01. The van der Waals surface area contributed by atoms with Crippen LogP contribution >= 0.6 is 11.3 Å². The van der Waals surface area contributed by atoms with Gasteiger partial charge in [-0.15, -0.1) is 11.3 Å². The first-order valence-electron chi connectivity index (χ1n) is 6.92. The Hall–Kier alpha value is -2.12. The van der Waals surface area contributed by atoms with Crippen LogP contribution in [0.3, 0.4) is 0 Å². The Bertz CT molecular complexity index is 598. The number of nitrogens with zero attached hydrogens (tertiary/aromatic N) is 1. The van der Waals surface area contributed by atoms with Crippen molar-refractivity contribution in [3.63, 3.8) is 0 Å². The maximum atomic E-state index is 11.9. The third kappa shape index (κ3) is 4.71. The fraction of sp³-hybridized carbons (Fsp3) is 0.333. The smallest absolute Gasteiger partial charge is 0.270 e. The van der Waals surface area contributed by atoms with Gasteiger partial charge in [0.1, 0.15) is 23.8 Å². The molecule has 0 radical (unpaired) electrons. The quantitative estimate of drug-likeness (QED) is 0.719. The molecule has 22 heavy (non-hydrogen) atoms. The van der Waals surface area contributed by atoms with E-state index in [0.717, 1.165) is 16.5 Å². The zero-order valence-electron chi connectivity index (χ0n) is 12.4. The SMILES string of the molecule is COc1ccc(OCCNC(=O)c2csc(CCN)n2)cc1. The van der Waals surface area contributed by atoms with Crippen LogP contribution in [-0.2, 0) is 6.42 Å². The number of nitrogens with one attached hydrogen (secondary N) is 1. The number of methoxy groups -OCH3 is 1. The Labute approximate surface area is 133 Å². The Morgan fingerprint density at radius 3 is 2.73 bits per heavy atom. The zero-order chi connectivity index (χ0) is 15.8. The maximum Gasteiger partial charge on any atom is 0.270 e. The molecule has 2 rings (SSSR count). The van der Waals surface area contributed by atoms with E-state index in [1.807, 2.05) is 24.3 Å². The highest BCUT2D eigenvalue weighted by Gasteiger charge is 2.09. The topological polar surface area (TPSA) is 86.5 Å². The van der Waals surface area contributed by atoms with Crippen molar-refractivity contribution < 1.29 is 14.3 Å². The van der Waals surface area contributed by atoms with E-state index >= 15 is 0 Å². The second-order valence-corrected chi connectivity index (χ2v) is 5.39. The Kier molecular flexibility index (Phi) is 6.17. The van der Waals surface area contributed by atoms with E-state index in [1.54, 1.807) is 12.5 Å². The molecule has 1 amide bonds. The van der Waals surface area contributed by atoms with Crippen molar-refractivity contribution in [1.29, 1.82) is 0 Å². The van der Waals surface area contributed by atoms with Gasteiger partial charge in [-0.25, -0.2) is 4.98 Å². The molecule has 0 fully saturated rings. The van der Waals surface area contributed by atoms with Crippen molar-refractivity contribution in [3.8, 4) is 11.5 Å². The molecular formula is C15H19N3O3S. The van der Waals surface area contributed by atoms with Gasteiger partial charge in [-0.3, -0.25) is 4.79 Å². The van der Waals surface area contributed by atoms with Crippen LogP contribution in [-0.4, -0.2) is 37.7 Å². The van der Waals surface area contributed by atoms with E-state index in [1.165, 1.54) is 11.3 Å². The number of aromatic nitrogens is 1. The Morgan fingerprint density at radius 2 is 2.05 bits per heavy atom. The molecule has 0 bridgehead atoms. The van der Waals surface area contributed by atoms with Gasteiger partial charge in [-0.05, 0) is 30.8 Å². The lowest BCUT2D eigenvalue weighted by Gasteiger charge is -2.07. The minimum atomic E-state index is -0.196. The summed E-state index contributed by atoms with van der Waals surface area (Å²) in [6.07, 6.45) is 0.693. The van der Waals surface area contributed by atoms with E-state index in [2.05, 4.69) is 10.3 Å². The second kappa shape index (κ2) is 8.35. The minimum Gasteiger partial charge on any atom is -0.497 e. The first-order chi connectivity index (χ1) is 10.7. The lowest BCUT2D eigenvalue weighted by atomic mass is 10.3. The van der Waals surface area contributed by atoms with Gasteiger partial charge in [-0.1, -0.05) is 0 Å². The first-order valence-corrected chi connectivity index (χ1v) is 7.80. The average molecular weight is 321 g/mol. The molecule has 118 valence electrons. The van der Waals surface area contributed by atoms with E-state index in [9.17, 15) is 4.79 Å². The molecule has 1 heterocycles. The molecule has 2 aromatic rings. The minimum absolute atomic E-state index is 0.196. The summed E-state index contributed by atoms with van der Waals surface area (Å²) in [5.74, 6) is 1.31. The third-order valence-electron chi connectivity index (χ3n) is 2.86. The molecule has 3 N–H and O–H groups in total. The number of hydrogen-bond donors (Lipinski definition) is 2. The van der Waals surface area contributed by atoms with Crippen molar-refractivity contribution in [2.75, 3.05) is 26.8 Å². The molecule has 6 nitrogen and oxygen atoms in total. The van der Waals surface area contributed by atoms with Crippen molar-refractivity contribution in [3.05, 3.63) is 40.3 Å². The van der Waals surface area contributed by atoms with Gasteiger partial charge in [-0.2, -0.15) is 0 Å². The van der Waals surface area contributed by atoms with Crippen LogP contribution in [0.25, 0.3) is 0 Å². The number of ether oxygens (including phenoxy) is 2.